The highest BCUT2D eigenvalue weighted by molar-refractivity contribution is 6.34. The molecule has 2 aliphatic rings. The second-order valence-corrected chi connectivity index (χ2v) is 6.66. The first-order chi connectivity index (χ1) is 12.4. The SMILES string of the molecule is CCN1CCCc2cc3c(c(Cl)c21)CCNCC3.O=C(O)/C=C/C(=O)O. The fraction of sp³-hybridized carbons (Fsp3) is 0.474. The monoisotopic (exact) mass is 380 g/mol. The molecule has 0 fully saturated rings. The maximum atomic E-state index is 9.55. The maximum absolute atomic E-state index is 9.55. The molecule has 0 spiro atoms. The van der Waals surface area contributed by atoms with Crippen molar-refractivity contribution in [3.8, 4) is 0 Å². The Hall–Kier alpha value is -2.05. The lowest BCUT2D eigenvalue weighted by Gasteiger charge is -2.32. The summed E-state index contributed by atoms with van der Waals surface area (Å²) in [6.45, 7) is 6.57. The lowest BCUT2D eigenvalue weighted by Crippen LogP contribution is -2.29. The molecule has 7 heteroatoms. The Morgan fingerprint density at radius 3 is 2.42 bits per heavy atom. The van der Waals surface area contributed by atoms with Gasteiger partial charge >= 0.3 is 11.9 Å². The number of carbonyl (C=O) groups is 2. The van der Waals surface area contributed by atoms with E-state index in [2.05, 4.69) is 23.2 Å². The van der Waals surface area contributed by atoms with Gasteiger partial charge in [-0.05, 0) is 62.4 Å². The van der Waals surface area contributed by atoms with E-state index in [1.165, 1.54) is 35.2 Å². The van der Waals surface area contributed by atoms with E-state index in [1.807, 2.05) is 0 Å². The number of hydrogen-bond donors (Lipinski definition) is 3. The molecule has 0 saturated heterocycles. The number of fused-ring (bicyclic) bond motifs is 2. The van der Waals surface area contributed by atoms with E-state index in [-0.39, 0.29) is 0 Å². The third-order valence-electron chi connectivity index (χ3n) is 4.58. The fourth-order valence-electron chi connectivity index (χ4n) is 3.41. The van der Waals surface area contributed by atoms with Crippen LogP contribution in [0.3, 0.4) is 0 Å². The summed E-state index contributed by atoms with van der Waals surface area (Å²) < 4.78 is 0. The van der Waals surface area contributed by atoms with Gasteiger partial charge in [0.05, 0.1) is 10.7 Å². The topological polar surface area (TPSA) is 89.9 Å². The fourth-order valence-corrected chi connectivity index (χ4v) is 3.87. The molecule has 2 heterocycles. The summed E-state index contributed by atoms with van der Waals surface area (Å²) in [4.78, 5) is 21.6. The van der Waals surface area contributed by atoms with Crippen LogP contribution in [0.5, 0.6) is 0 Å². The highest BCUT2D eigenvalue weighted by Crippen LogP contribution is 2.39. The van der Waals surface area contributed by atoms with Crippen LogP contribution < -0.4 is 10.2 Å². The van der Waals surface area contributed by atoms with Crippen LogP contribution in [-0.4, -0.2) is 48.3 Å². The zero-order chi connectivity index (χ0) is 19.1. The summed E-state index contributed by atoms with van der Waals surface area (Å²) >= 11 is 6.72. The van der Waals surface area contributed by atoms with E-state index < -0.39 is 11.9 Å². The number of benzene rings is 1. The summed E-state index contributed by atoms with van der Waals surface area (Å²) in [5.41, 5.74) is 5.65. The zero-order valence-corrected chi connectivity index (χ0v) is 15.7. The predicted octanol–water partition coefficient (Wildman–Crippen LogP) is 2.51. The Labute approximate surface area is 158 Å². The molecule has 26 heavy (non-hydrogen) atoms. The number of rotatable bonds is 3. The third kappa shape index (κ3) is 5.22. The minimum absolute atomic E-state index is 0.558. The van der Waals surface area contributed by atoms with E-state index >= 15 is 0 Å². The number of carboxylic acids is 2. The summed E-state index contributed by atoms with van der Waals surface area (Å²) in [6.07, 6.45) is 5.75. The normalized spacial score (nSPS) is 16.2. The summed E-state index contributed by atoms with van der Waals surface area (Å²) in [6, 6.07) is 2.42. The van der Waals surface area contributed by atoms with Crippen LogP contribution in [0.2, 0.25) is 5.02 Å². The molecule has 3 rings (SSSR count). The molecule has 0 aromatic heterocycles. The molecule has 1 aromatic carbocycles. The van der Waals surface area contributed by atoms with Crippen molar-refractivity contribution in [1.82, 2.24) is 5.32 Å². The molecule has 3 N–H and O–H groups in total. The minimum Gasteiger partial charge on any atom is -0.478 e. The maximum Gasteiger partial charge on any atom is 0.328 e. The number of nitrogens with zero attached hydrogens (tertiary/aromatic N) is 1. The van der Waals surface area contributed by atoms with Gasteiger partial charge in [0.25, 0.3) is 0 Å². The van der Waals surface area contributed by atoms with Gasteiger partial charge in [-0.15, -0.1) is 0 Å². The molecule has 1 aromatic rings. The minimum atomic E-state index is -1.26. The largest absolute Gasteiger partial charge is 0.478 e. The van der Waals surface area contributed by atoms with E-state index in [9.17, 15) is 9.59 Å². The molecule has 0 aliphatic carbocycles. The van der Waals surface area contributed by atoms with Crippen LogP contribution in [0.25, 0.3) is 0 Å². The van der Waals surface area contributed by atoms with Crippen molar-refractivity contribution in [2.24, 2.45) is 0 Å². The lowest BCUT2D eigenvalue weighted by molar-refractivity contribution is -0.134. The van der Waals surface area contributed by atoms with Crippen LogP contribution in [0, 0.1) is 0 Å². The third-order valence-corrected chi connectivity index (χ3v) is 4.98. The van der Waals surface area contributed by atoms with Crippen molar-refractivity contribution in [3.63, 3.8) is 0 Å². The molecule has 0 radical (unpaired) electrons. The zero-order valence-electron chi connectivity index (χ0n) is 14.9. The number of aliphatic carboxylic acids is 2. The van der Waals surface area contributed by atoms with Crippen molar-refractivity contribution < 1.29 is 19.8 Å². The lowest BCUT2D eigenvalue weighted by atomic mass is 9.93. The Balaban J connectivity index is 0.000000260. The molecule has 0 bridgehead atoms. The molecule has 0 unspecified atom stereocenters. The Bertz CT molecular complexity index is 687. The molecule has 0 saturated carbocycles. The van der Waals surface area contributed by atoms with Gasteiger partial charge in [-0.2, -0.15) is 0 Å². The highest BCUT2D eigenvalue weighted by Gasteiger charge is 2.23. The van der Waals surface area contributed by atoms with Gasteiger partial charge in [0.15, 0.2) is 0 Å². The van der Waals surface area contributed by atoms with Crippen molar-refractivity contribution in [2.75, 3.05) is 31.1 Å². The van der Waals surface area contributed by atoms with Crippen molar-refractivity contribution in [3.05, 3.63) is 39.9 Å². The smallest absolute Gasteiger partial charge is 0.328 e. The van der Waals surface area contributed by atoms with Crippen LogP contribution in [0.1, 0.15) is 30.0 Å². The molecule has 0 atom stereocenters. The number of anilines is 1. The Morgan fingerprint density at radius 2 is 1.81 bits per heavy atom. The van der Waals surface area contributed by atoms with Gasteiger partial charge in [-0.25, -0.2) is 9.59 Å². The van der Waals surface area contributed by atoms with E-state index in [1.54, 1.807) is 0 Å². The molecule has 2 aliphatic heterocycles. The van der Waals surface area contributed by atoms with Gasteiger partial charge < -0.3 is 20.4 Å². The predicted molar refractivity (Wildman–Crippen MR) is 102 cm³/mol. The van der Waals surface area contributed by atoms with Gasteiger partial charge in [-0.1, -0.05) is 17.7 Å². The van der Waals surface area contributed by atoms with E-state index in [4.69, 9.17) is 21.8 Å². The standard InChI is InChI=1S/C15H21ClN2.C4H4O4/c1-2-18-9-3-4-12-10-11-5-7-17-8-6-13(11)14(16)15(12)18;5-3(6)1-2-4(7)8/h10,17H,2-9H2,1H3;1-2H,(H,5,6)(H,7,8)/b;2-1+. The average molecular weight is 381 g/mol. The van der Waals surface area contributed by atoms with Crippen molar-refractivity contribution >= 4 is 29.2 Å². The summed E-state index contributed by atoms with van der Waals surface area (Å²) in [5, 5.41) is 20.1. The second-order valence-electron chi connectivity index (χ2n) is 6.28. The quantitative estimate of drug-likeness (QED) is 0.698. The van der Waals surface area contributed by atoms with Gasteiger partial charge in [0.2, 0.25) is 0 Å². The number of nitrogens with one attached hydrogen (secondary N) is 1. The summed E-state index contributed by atoms with van der Waals surface area (Å²) in [7, 11) is 0. The van der Waals surface area contributed by atoms with Gasteiger partial charge in [0.1, 0.15) is 0 Å². The Morgan fingerprint density at radius 1 is 1.15 bits per heavy atom. The number of halogens is 1. The molecule has 6 nitrogen and oxygen atoms in total. The van der Waals surface area contributed by atoms with E-state index in [0.29, 0.717) is 12.2 Å². The van der Waals surface area contributed by atoms with Crippen LogP contribution in [0.15, 0.2) is 18.2 Å². The number of carboxylic acid groups (broad SMARTS) is 2. The summed E-state index contributed by atoms with van der Waals surface area (Å²) in [5.74, 6) is -2.51. The molecule has 142 valence electrons. The average Bonchev–Trinajstić information content (AvgIpc) is 2.85. The first-order valence-corrected chi connectivity index (χ1v) is 9.24. The molecule has 0 amide bonds. The highest BCUT2D eigenvalue weighted by atomic mass is 35.5. The van der Waals surface area contributed by atoms with Gasteiger partial charge in [0, 0.05) is 25.2 Å². The number of aryl methyl sites for hydroxylation is 1. The van der Waals surface area contributed by atoms with Crippen molar-refractivity contribution in [2.45, 2.75) is 32.6 Å². The van der Waals surface area contributed by atoms with Crippen LogP contribution >= 0.6 is 11.6 Å². The molecular formula is C19H25ClN2O4. The van der Waals surface area contributed by atoms with Crippen molar-refractivity contribution in [1.29, 1.82) is 0 Å². The Kier molecular flexibility index (Phi) is 7.48. The van der Waals surface area contributed by atoms with Crippen LogP contribution in [-0.2, 0) is 28.9 Å². The van der Waals surface area contributed by atoms with Gasteiger partial charge in [-0.3, -0.25) is 0 Å². The molecular weight excluding hydrogens is 356 g/mol. The first kappa shape index (κ1) is 20.3. The van der Waals surface area contributed by atoms with Crippen LogP contribution in [0.4, 0.5) is 5.69 Å². The first-order valence-electron chi connectivity index (χ1n) is 8.86. The number of hydrogen-bond acceptors (Lipinski definition) is 4. The second kappa shape index (κ2) is 9.59. The van der Waals surface area contributed by atoms with E-state index in [0.717, 1.165) is 44.0 Å².